The Balaban J connectivity index is 2.07. The molecule has 1 saturated carbocycles. The van der Waals surface area contributed by atoms with E-state index in [1.807, 2.05) is 0 Å². The van der Waals surface area contributed by atoms with E-state index >= 15 is 0 Å². The van der Waals surface area contributed by atoms with Crippen molar-refractivity contribution in [3.05, 3.63) is 23.8 Å². The van der Waals surface area contributed by atoms with Crippen LogP contribution in [-0.4, -0.2) is 55.6 Å². The molecule has 0 saturated heterocycles. The maximum atomic E-state index is 12.7. The van der Waals surface area contributed by atoms with Gasteiger partial charge in [0.2, 0.25) is 10.0 Å². The number of hydrogen-bond acceptors (Lipinski definition) is 7. The summed E-state index contributed by atoms with van der Waals surface area (Å²) in [5, 5.41) is 10.0. The number of carbonyl (C=O) groups is 2. The molecule has 1 aliphatic rings. The number of hydrogen-bond donors (Lipinski definition) is 1. The summed E-state index contributed by atoms with van der Waals surface area (Å²) in [4.78, 5) is 24.7. The van der Waals surface area contributed by atoms with Crippen LogP contribution in [-0.2, 0) is 24.3 Å². The smallest absolute Gasteiger partial charge is 0.344 e. The predicted molar refractivity (Wildman–Crippen MR) is 120 cm³/mol. The number of carbonyl (C=O) groups excluding carboxylic acids is 2. The van der Waals surface area contributed by atoms with Crippen LogP contribution >= 0.6 is 0 Å². The van der Waals surface area contributed by atoms with Gasteiger partial charge in [-0.1, -0.05) is 41.0 Å². The van der Waals surface area contributed by atoms with E-state index in [2.05, 4.69) is 20.8 Å². The maximum absolute atomic E-state index is 12.7. The van der Waals surface area contributed by atoms with Gasteiger partial charge < -0.3 is 14.6 Å². The number of sulfonamides is 1. The molecule has 180 valence electrons. The maximum Gasteiger partial charge on any atom is 0.344 e. The van der Waals surface area contributed by atoms with Crippen molar-refractivity contribution in [2.24, 2.45) is 17.8 Å². The molecule has 0 bridgehead atoms. The van der Waals surface area contributed by atoms with Crippen molar-refractivity contribution in [3.63, 3.8) is 0 Å². The van der Waals surface area contributed by atoms with Gasteiger partial charge in [-0.05, 0) is 48.8 Å². The first kappa shape index (κ1) is 26.1. The van der Waals surface area contributed by atoms with E-state index in [0.29, 0.717) is 11.8 Å². The molecule has 1 aromatic rings. The second-order valence-electron chi connectivity index (χ2n) is 8.70. The minimum atomic E-state index is -3.82. The van der Waals surface area contributed by atoms with Gasteiger partial charge in [-0.25, -0.2) is 18.0 Å². The Labute approximate surface area is 190 Å². The molecule has 1 N–H and O–H groups in total. The SMILES string of the molecule is CCN(CC)S(=O)(=O)c1ccc(O)c(C(=O)OCC(=O)O[C@@H]2C[C@@H](C)CC[C@H]2C(C)C)c1. The molecule has 8 nitrogen and oxygen atoms in total. The fourth-order valence-corrected chi connectivity index (χ4v) is 5.69. The Morgan fingerprint density at radius 1 is 1.19 bits per heavy atom. The standard InChI is InChI=1S/C23H35NO7S/c1-6-24(7-2)32(28,29)17-9-11-20(25)19(13-17)23(27)30-14-22(26)31-21-12-16(5)8-10-18(21)15(3)4/h9,11,13,15-16,18,21,25H,6-8,10,12,14H2,1-5H3/t16-,18-,21+/m0/s1. The van der Waals surface area contributed by atoms with Gasteiger partial charge in [-0.3, -0.25) is 0 Å². The second kappa shape index (κ2) is 11.1. The number of phenolic OH excluding ortho intramolecular Hbond substituents is 1. The van der Waals surface area contributed by atoms with Gasteiger partial charge in [0.1, 0.15) is 17.4 Å². The third kappa shape index (κ3) is 6.22. The Kier molecular flexibility index (Phi) is 9.09. The van der Waals surface area contributed by atoms with Crippen molar-refractivity contribution in [2.75, 3.05) is 19.7 Å². The van der Waals surface area contributed by atoms with Crippen LogP contribution < -0.4 is 0 Å². The molecule has 0 amide bonds. The lowest BCUT2D eigenvalue weighted by Crippen LogP contribution is -2.36. The second-order valence-corrected chi connectivity index (χ2v) is 10.6. The van der Waals surface area contributed by atoms with Gasteiger partial charge in [-0.15, -0.1) is 0 Å². The lowest BCUT2D eigenvalue weighted by Gasteiger charge is -2.36. The molecule has 1 fully saturated rings. The lowest BCUT2D eigenvalue weighted by atomic mass is 9.75. The van der Waals surface area contributed by atoms with Crippen LogP contribution in [0.5, 0.6) is 5.75 Å². The summed E-state index contributed by atoms with van der Waals surface area (Å²) in [6.45, 7) is 9.66. The van der Waals surface area contributed by atoms with E-state index in [1.165, 1.54) is 10.4 Å². The normalized spacial score (nSPS) is 21.5. The van der Waals surface area contributed by atoms with E-state index in [-0.39, 0.29) is 35.6 Å². The molecule has 9 heteroatoms. The number of esters is 2. The third-order valence-electron chi connectivity index (χ3n) is 6.10. The van der Waals surface area contributed by atoms with E-state index in [4.69, 9.17) is 9.47 Å². The fourth-order valence-electron chi connectivity index (χ4n) is 4.21. The van der Waals surface area contributed by atoms with Gasteiger partial charge in [0.25, 0.3) is 0 Å². The average molecular weight is 470 g/mol. The minimum absolute atomic E-state index is 0.135. The van der Waals surface area contributed by atoms with Gasteiger partial charge in [-0.2, -0.15) is 4.31 Å². The topological polar surface area (TPSA) is 110 Å². The zero-order chi connectivity index (χ0) is 24.1. The zero-order valence-corrected chi connectivity index (χ0v) is 20.4. The Morgan fingerprint density at radius 3 is 2.44 bits per heavy atom. The molecular weight excluding hydrogens is 434 g/mol. The van der Waals surface area contributed by atoms with Gasteiger partial charge in [0.15, 0.2) is 6.61 Å². The average Bonchev–Trinajstić information content (AvgIpc) is 2.72. The summed E-state index contributed by atoms with van der Waals surface area (Å²) >= 11 is 0. The van der Waals surface area contributed by atoms with Crippen LogP contribution in [0.2, 0.25) is 0 Å². The Hall–Kier alpha value is -2.13. The van der Waals surface area contributed by atoms with Crippen LogP contribution in [0.3, 0.4) is 0 Å². The number of phenols is 1. The molecule has 0 radical (unpaired) electrons. The van der Waals surface area contributed by atoms with Gasteiger partial charge in [0.05, 0.1) is 4.90 Å². The van der Waals surface area contributed by atoms with Gasteiger partial charge >= 0.3 is 11.9 Å². The lowest BCUT2D eigenvalue weighted by molar-refractivity contribution is -0.159. The highest BCUT2D eigenvalue weighted by Crippen LogP contribution is 2.35. The molecular formula is C23H35NO7S. The van der Waals surface area contributed by atoms with Crippen molar-refractivity contribution in [2.45, 2.75) is 64.9 Å². The number of benzene rings is 1. The van der Waals surface area contributed by atoms with Crippen LogP contribution in [0.15, 0.2) is 23.1 Å². The summed E-state index contributed by atoms with van der Waals surface area (Å²) in [5.41, 5.74) is -0.322. The zero-order valence-electron chi connectivity index (χ0n) is 19.5. The number of nitrogens with zero attached hydrogens (tertiary/aromatic N) is 1. The fraction of sp³-hybridized carbons (Fsp3) is 0.652. The first-order valence-corrected chi connectivity index (χ1v) is 12.6. The number of rotatable bonds is 9. The highest BCUT2D eigenvalue weighted by molar-refractivity contribution is 7.89. The minimum Gasteiger partial charge on any atom is -0.507 e. The summed E-state index contributed by atoms with van der Waals surface area (Å²) in [5.74, 6) is -0.990. The highest BCUT2D eigenvalue weighted by Gasteiger charge is 2.33. The van der Waals surface area contributed by atoms with E-state index in [9.17, 15) is 23.1 Å². The molecule has 0 aliphatic heterocycles. The molecule has 1 aromatic carbocycles. The molecule has 0 aromatic heterocycles. The van der Waals surface area contributed by atoms with Crippen LogP contribution in [0, 0.1) is 17.8 Å². The first-order valence-electron chi connectivity index (χ1n) is 11.2. The van der Waals surface area contributed by atoms with Crippen LogP contribution in [0.25, 0.3) is 0 Å². The molecule has 0 heterocycles. The molecule has 1 aliphatic carbocycles. The number of ether oxygens (including phenoxy) is 2. The van der Waals surface area contributed by atoms with E-state index < -0.39 is 34.3 Å². The Morgan fingerprint density at radius 2 is 1.84 bits per heavy atom. The van der Waals surface area contributed by atoms with Crippen molar-refractivity contribution in [1.82, 2.24) is 4.31 Å². The van der Waals surface area contributed by atoms with E-state index in [0.717, 1.165) is 31.4 Å². The summed E-state index contributed by atoms with van der Waals surface area (Å²) in [6, 6.07) is 3.42. The highest BCUT2D eigenvalue weighted by atomic mass is 32.2. The predicted octanol–water partition coefficient (Wildman–Crippen LogP) is 3.58. The van der Waals surface area contributed by atoms with Crippen molar-refractivity contribution in [3.8, 4) is 5.75 Å². The molecule has 2 rings (SSSR count). The summed E-state index contributed by atoms with van der Waals surface area (Å²) < 4.78 is 37.3. The monoisotopic (exact) mass is 469 g/mol. The van der Waals surface area contributed by atoms with Crippen LogP contribution in [0.1, 0.15) is 64.2 Å². The largest absolute Gasteiger partial charge is 0.507 e. The quantitative estimate of drug-likeness (QED) is 0.550. The molecule has 3 atom stereocenters. The molecule has 32 heavy (non-hydrogen) atoms. The van der Waals surface area contributed by atoms with E-state index in [1.54, 1.807) is 13.8 Å². The van der Waals surface area contributed by atoms with Crippen molar-refractivity contribution in [1.29, 1.82) is 0 Å². The first-order chi connectivity index (χ1) is 15.0. The summed E-state index contributed by atoms with van der Waals surface area (Å²) in [7, 11) is -3.82. The van der Waals surface area contributed by atoms with Gasteiger partial charge in [0, 0.05) is 13.1 Å². The molecule has 0 unspecified atom stereocenters. The van der Waals surface area contributed by atoms with Crippen molar-refractivity contribution < 1.29 is 32.6 Å². The Bertz CT molecular complexity index is 909. The van der Waals surface area contributed by atoms with Crippen molar-refractivity contribution >= 4 is 22.0 Å². The molecule has 0 spiro atoms. The van der Waals surface area contributed by atoms with Crippen LogP contribution in [0.4, 0.5) is 0 Å². The number of aromatic hydroxyl groups is 1. The third-order valence-corrected chi connectivity index (χ3v) is 8.14. The summed E-state index contributed by atoms with van der Waals surface area (Å²) in [6.07, 6.45) is 2.63.